The Bertz CT molecular complexity index is 787. The summed E-state index contributed by atoms with van der Waals surface area (Å²) in [7, 11) is 0. The summed E-state index contributed by atoms with van der Waals surface area (Å²) >= 11 is 0. The van der Waals surface area contributed by atoms with Crippen LogP contribution in [-0.2, 0) is 9.53 Å². The van der Waals surface area contributed by atoms with E-state index >= 15 is 0 Å². The second-order valence-corrected chi connectivity index (χ2v) is 6.09. The predicted octanol–water partition coefficient (Wildman–Crippen LogP) is 4.66. The van der Waals surface area contributed by atoms with Crippen molar-refractivity contribution in [3.8, 4) is 0 Å². The molecule has 0 spiro atoms. The van der Waals surface area contributed by atoms with Crippen molar-refractivity contribution < 1.29 is 23.1 Å². The Hall–Kier alpha value is -2.76. The molecule has 1 N–H and O–H groups in total. The molecule has 0 aliphatic rings. The number of hydrogen-bond donors (Lipinski definition) is 1. The summed E-state index contributed by atoms with van der Waals surface area (Å²) in [5, 5.41) is 2.74. The molecule has 138 valence electrons. The number of anilines is 1. The number of benzene rings is 2. The van der Waals surface area contributed by atoms with Gasteiger partial charge in [-0.05, 0) is 43.0 Å². The second-order valence-electron chi connectivity index (χ2n) is 6.09. The van der Waals surface area contributed by atoms with Crippen LogP contribution in [0.2, 0.25) is 0 Å². The van der Waals surface area contributed by atoms with Gasteiger partial charge in [0.05, 0.1) is 5.56 Å². The highest BCUT2D eigenvalue weighted by atomic mass is 19.1. The standard InChI is InChI=1S/C20H21F2NO3/c1-4-12(2)17-7-5-6-8-18(17)23-19(24)13(3)26-20(25)14-9-15(21)11-16(22)10-14/h5-13H,4H2,1-3H3,(H,23,24). The van der Waals surface area contributed by atoms with Gasteiger partial charge in [-0.25, -0.2) is 13.6 Å². The number of esters is 1. The van der Waals surface area contributed by atoms with E-state index in [9.17, 15) is 18.4 Å². The molecule has 2 aromatic carbocycles. The van der Waals surface area contributed by atoms with Gasteiger partial charge in [0.2, 0.25) is 0 Å². The van der Waals surface area contributed by atoms with E-state index in [0.717, 1.165) is 24.1 Å². The van der Waals surface area contributed by atoms with Crippen LogP contribution in [0.4, 0.5) is 14.5 Å². The molecule has 4 nitrogen and oxygen atoms in total. The first-order chi connectivity index (χ1) is 12.3. The minimum Gasteiger partial charge on any atom is -0.449 e. The largest absolute Gasteiger partial charge is 0.449 e. The van der Waals surface area contributed by atoms with Crippen LogP contribution in [0.15, 0.2) is 42.5 Å². The minimum atomic E-state index is -1.13. The van der Waals surface area contributed by atoms with Crippen molar-refractivity contribution in [2.24, 2.45) is 0 Å². The Kier molecular flexibility index (Phi) is 6.44. The fourth-order valence-electron chi connectivity index (χ4n) is 2.45. The van der Waals surface area contributed by atoms with Gasteiger partial charge < -0.3 is 10.1 Å². The average Bonchev–Trinajstić information content (AvgIpc) is 2.60. The summed E-state index contributed by atoms with van der Waals surface area (Å²) in [4.78, 5) is 24.3. The Morgan fingerprint density at radius 3 is 2.31 bits per heavy atom. The molecule has 6 heteroatoms. The number of para-hydroxylation sites is 1. The summed E-state index contributed by atoms with van der Waals surface area (Å²) in [6.07, 6.45) is -0.221. The maximum atomic E-state index is 13.2. The monoisotopic (exact) mass is 361 g/mol. The van der Waals surface area contributed by atoms with Crippen molar-refractivity contribution >= 4 is 17.6 Å². The van der Waals surface area contributed by atoms with Gasteiger partial charge in [-0.2, -0.15) is 0 Å². The predicted molar refractivity (Wildman–Crippen MR) is 95.0 cm³/mol. The molecule has 0 saturated heterocycles. The first-order valence-corrected chi connectivity index (χ1v) is 8.38. The number of hydrogen-bond acceptors (Lipinski definition) is 3. The highest BCUT2D eigenvalue weighted by molar-refractivity contribution is 5.97. The number of amides is 1. The zero-order valence-corrected chi connectivity index (χ0v) is 14.9. The van der Waals surface area contributed by atoms with Crippen molar-refractivity contribution in [2.75, 3.05) is 5.32 Å². The molecule has 2 aromatic rings. The molecule has 0 heterocycles. The fraction of sp³-hybridized carbons (Fsp3) is 0.300. The van der Waals surface area contributed by atoms with Gasteiger partial charge in [-0.3, -0.25) is 4.79 Å². The molecule has 0 fully saturated rings. The fourth-order valence-corrected chi connectivity index (χ4v) is 2.45. The van der Waals surface area contributed by atoms with E-state index in [1.54, 1.807) is 12.1 Å². The van der Waals surface area contributed by atoms with Gasteiger partial charge in [0.15, 0.2) is 6.10 Å². The van der Waals surface area contributed by atoms with E-state index in [1.165, 1.54) is 6.92 Å². The number of ether oxygens (including phenoxy) is 1. The van der Waals surface area contributed by atoms with Gasteiger partial charge >= 0.3 is 5.97 Å². The van der Waals surface area contributed by atoms with Crippen LogP contribution in [0.3, 0.4) is 0 Å². The van der Waals surface area contributed by atoms with Crippen LogP contribution in [0.25, 0.3) is 0 Å². The summed E-state index contributed by atoms with van der Waals surface area (Å²) in [6.45, 7) is 5.49. The molecule has 1 amide bonds. The van der Waals surface area contributed by atoms with Crippen molar-refractivity contribution in [3.63, 3.8) is 0 Å². The lowest BCUT2D eigenvalue weighted by atomic mass is 9.97. The molecule has 2 unspecified atom stereocenters. The third-order valence-electron chi connectivity index (χ3n) is 4.11. The van der Waals surface area contributed by atoms with E-state index in [1.807, 2.05) is 26.0 Å². The van der Waals surface area contributed by atoms with E-state index in [0.29, 0.717) is 11.8 Å². The molecule has 0 aliphatic carbocycles. The third-order valence-corrected chi connectivity index (χ3v) is 4.11. The lowest BCUT2D eigenvalue weighted by Crippen LogP contribution is -2.30. The summed E-state index contributed by atoms with van der Waals surface area (Å²) in [5.41, 5.74) is 1.34. The van der Waals surface area contributed by atoms with E-state index in [-0.39, 0.29) is 11.5 Å². The zero-order valence-electron chi connectivity index (χ0n) is 14.9. The average molecular weight is 361 g/mol. The summed E-state index contributed by atoms with van der Waals surface area (Å²) < 4.78 is 31.4. The van der Waals surface area contributed by atoms with E-state index < -0.39 is 29.6 Å². The number of carbonyl (C=O) groups is 2. The third kappa shape index (κ3) is 4.88. The summed E-state index contributed by atoms with van der Waals surface area (Å²) in [6, 6.07) is 9.75. The molecular weight excluding hydrogens is 340 g/mol. The lowest BCUT2D eigenvalue weighted by molar-refractivity contribution is -0.123. The molecule has 0 bridgehead atoms. The molecule has 0 radical (unpaired) electrons. The maximum absolute atomic E-state index is 13.2. The minimum absolute atomic E-state index is 0.250. The Morgan fingerprint density at radius 1 is 1.08 bits per heavy atom. The van der Waals surface area contributed by atoms with Gasteiger partial charge in [0.1, 0.15) is 11.6 Å². The molecule has 0 aromatic heterocycles. The van der Waals surface area contributed by atoms with Gasteiger partial charge in [0.25, 0.3) is 5.91 Å². The quantitative estimate of drug-likeness (QED) is 0.761. The van der Waals surface area contributed by atoms with E-state index in [4.69, 9.17) is 4.74 Å². The smallest absolute Gasteiger partial charge is 0.339 e. The van der Waals surface area contributed by atoms with Crippen LogP contribution < -0.4 is 5.32 Å². The van der Waals surface area contributed by atoms with Crippen LogP contribution in [0.5, 0.6) is 0 Å². The topological polar surface area (TPSA) is 55.4 Å². The van der Waals surface area contributed by atoms with Gasteiger partial charge in [0, 0.05) is 11.8 Å². The van der Waals surface area contributed by atoms with Crippen molar-refractivity contribution in [1.29, 1.82) is 0 Å². The Balaban J connectivity index is 2.07. The van der Waals surface area contributed by atoms with Gasteiger partial charge in [-0.15, -0.1) is 0 Å². The lowest BCUT2D eigenvalue weighted by Gasteiger charge is -2.18. The van der Waals surface area contributed by atoms with Crippen molar-refractivity contribution in [2.45, 2.75) is 39.2 Å². The first kappa shape index (κ1) is 19.6. The number of nitrogens with one attached hydrogen (secondary N) is 1. The zero-order chi connectivity index (χ0) is 19.3. The van der Waals surface area contributed by atoms with Crippen LogP contribution in [0, 0.1) is 11.6 Å². The van der Waals surface area contributed by atoms with E-state index in [2.05, 4.69) is 5.32 Å². The maximum Gasteiger partial charge on any atom is 0.339 e. The highest BCUT2D eigenvalue weighted by Crippen LogP contribution is 2.26. The highest BCUT2D eigenvalue weighted by Gasteiger charge is 2.21. The van der Waals surface area contributed by atoms with Crippen LogP contribution >= 0.6 is 0 Å². The molecule has 2 rings (SSSR count). The molecular formula is C20H21F2NO3. The second kappa shape index (κ2) is 8.56. The van der Waals surface area contributed by atoms with Crippen LogP contribution in [0.1, 0.15) is 49.0 Å². The number of carbonyl (C=O) groups excluding carboxylic acids is 2. The van der Waals surface area contributed by atoms with Crippen molar-refractivity contribution in [1.82, 2.24) is 0 Å². The Labute approximate surface area is 151 Å². The molecule has 0 saturated carbocycles. The number of rotatable bonds is 6. The Morgan fingerprint density at radius 2 is 1.69 bits per heavy atom. The van der Waals surface area contributed by atoms with Crippen molar-refractivity contribution in [3.05, 3.63) is 65.2 Å². The summed E-state index contributed by atoms with van der Waals surface area (Å²) in [5.74, 6) is -3.03. The first-order valence-electron chi connectivity index (χ1n) is 8.38. The van der Waals surface area contributed by atoms with Crippen LogP contribution in [-0.4, -0.2) is 18.0 Å². The van der Waals surface area contributed by atoms with Gasteiger partial charge in [-0.1, -0.05) is 32.0 Å². The number of halogens is 2. The molecule has 26 heavy (non-hydrogen) atoms. The normalized spacial score (nSPS) is 13.0. The molecule has 0 aliphatic heterocycles. The SMILES string of the molecule is CCC(C)c1ccccc1NC(=O)C(C)OC(=O)c1cc(F)cc(F)c1. The molecule has 2 atom stereocenters.